The van der Waals surface area contributed by atoms with Crippen LogP contribution in [-0.4, -0.2) is 36.3 Å². The van der Waals surface area contributed by atoms with E-state index in [0.717, 1.165) is 18.8 Å². The Morgan fingerprint density at radius 3 is 2.29 bits per heavy atom. The summed E-state index contributed by atoms with van der Waals surface area (Å²) >= 11 is 0. The van der Waals surface area contributed by atoms with Gasteiger partial charge in [0.25, 0.3) is 5.91 Å². The molecule has 2 aromatic carbocycles. The number of nitrogens with one attached hydrogen (secondary N) is 1. The van der Waals surface area contributed by atoms with Crippen LogP contribution in [0, 0.1) is 6.92 Å². The van der Waals surface area contributed by atoms with Gasteiger partial charge in [-0.2, -0.15) is 0 Å². The molecule has 0 aromatic heterocycles. The average molecular weight is 323 g/mol. The number of piperazine rings is 1. The second kappa shape index (κ2) is 5.83. The largest absolute Gasteiger partial charge is 0.365 e. The van der Waals surface area contributed by atoms with E-state index in [0.29, 0.717) is 17.6 Å². The van der Waals surface area contributed by atoms with E-state index in [1.807, 2.05) is 12.1 Å². The zero-order valence-corrected chi connectivity index (χ0v) is 13.6. The van der Waals surface area contributed by atoms with Gasteiger partial charge in [-0.25, -0.2) is 5.48 Å². The van der Waals surface area contributed by atoms with E-state index in [9.17, 15) is 4.79 Å². The Balaban J connectivity index is 1.49. The van der Waals surface area contributed by atoms with Crippen molar-refractivity contribution in [1.82, 2.24) is 5.48 Å². The van der Waals surface area contributed by atoms with Gasteiger partial charge in [-0.05, 0) is 55.3 Å². The smallest absolute Gasteiger partial charge is 0.274 e. The molecule has 2 aromatic rings. The van der Waals surface area contributed by atoms with Crippen molar-refractivity contribution in [2.75, 3.05) is 22.9 Å². The number of nitrogens with zero attached hydrogens (tertiary/aromatic N) is 2. The zero-order chi connectivity index (χ0) is 16.7. The van der Waals surface area contributed by atoms with E-state index in [1.165, 1.54) is 17.7 Å². The van der Waals surface area contributed by atoms with E-state index in [1.54, 1.807) is 17.6 Å². The van der Waals surface area contributed by atoms with Gasteiger partial charge < -0.3 is 9.80 Å². The second-order valence-corrected chi connectivity index (χ2v) is 6.67. The first-order valence-corrected chi connectivity index (χ1v) is 8.30. The number of aryl methyl sites for hydroxylation is 1. The first-order chi connectivity index (χ1) is 11.7. The van der Waals surface area contributed by atoms with Crippen molar-refractivity contribution >= 4 is 17.3 Å². The maximum atomic E-state index is 11.4. The van der Waals surface area contributed by atoms with E-state index in [-0.39, 0.29) is 0 Å². The van der Waals surface area contributed by atoms with Crippen LogP contribution >= 0.6 is 0 Å². The lowest BCUT2D eigenvalue weighted by Crippen LogP contribution is -2.46. The molecule has 0 spiro atoms. The van der Waals surface area contributed by atoms with Crippen LogP contribution in [0.25, 0.3) is 0 Å². The van der Waals surface area contributed by atoms with Gasteiger partial charge >= 0.3 is 0 Å². The third kappa shape index (κ3) is 2.51. The van der Waals surface area contributed by atoms with Crippen molar-refractivity contribution in [1.29, 1.82) is 0 Å². The van der Waals surface area contributed by atoms with Crippen LogP contribution in [0.2, 0.25) is 0 Å². The number of carbonyl (C=O) groups is 1. The molecule has 2 fully saturated rings. The molecule has 4 rings (SSSR count). The van der Waals surface area contributed by atoms with Gasteiger partial charge in [0.05, 0.1) is 0 Å². The van der Waals surface area contributed by atoms with Gasteiger partial charge in [0.15, 0.2) is 0 Å². The summed E-state index contributed by atoms with van der Waals surface area (Å²) < 4.78 is 0. The summed E-state index contributed by atoms with van der Waals surface area (Å²) in [6.07, 6.45) is 1.17. The van der Waals surface area contributed by atoms with Crippen molar-refractivity contribution in [3.05, 3.63) is 59.7 Å². The molecule has 2 N–H and O–H groups in total. The second-order valence-electron chi connectivity index (χ2n) is 6.67. The molecule has 2 heterocycles. The number of hydroxylamine groups is 1. The van der Waals surface area contributed by atoms with Crippen LogP contribution in [0.5, 0.6) is 0 Å². The van der Waals surface area contributed by atoms with Crippen molar-refractivity contribution in [2.24, 2.45) is 0 Å². The molecule has 2 aliphatic heterocycles. The monoisotopic (exact) mass is 323 g/mol. The Bertz CT molecular complexity index is 759. The minimum absolute atomic E-state index is 0.465. The SMILES string of the molecule is Cc1cccc(N2C[C@H]3C[C@H]2CN3c2ccc(C(=O)NO)cc2)c1. The van der Waals surface area contributed by atoms with Crippen LogP contribution in [0.1, 0.15) is 22.3 Å². The summed E-state index contributed by atoms with van der Waals surface area (Å²) in [7, 11) is 0. The van der Waals surface area contributed by atoms with Gasteiger partial charge in [0.1, 0.15) is 0 Å². The summed E-state index contributed by atoms with van der Waals surface area (Å²) in [6, 6.07) is 17.2. The lowest BCUT2D eigenvalue weighted by atomic mass is 10.1. The van der Waals surface area contributed by atoms with Crippen LogP contribution in [0.15, 0.2) is 48.5 Å². The molecular weight excluding hydrogens is 302 g/mol. The molecule has 24 heavy (non-hydrogen) atoms. The van der Waals surface area contributed by atoms with E-state index >= 15 is 0 Å². The fourth-order valence-corrected chi connectivity index (χ4v) is 3.97. The third-order valence-electron chi connectivity index (χ3n) is 5.14. The molecule has 2 bridgehead atoms. The zero-order valence-electron chi connectivity index (χ0n) is 13.6. The molecule has 2 saturated heterocycles. The fourth-order valence-electron chi connectivity index (χ4n) is 3.97. The van der Waals surface area contributed by atoms with Gasteiger partial charge in [-0.3, -0.25) is 10.0 Å². The molecular formula is C19H21N3O2. The van der Waals surface area contributed by atoms with E-state index in [4.69, 9.17) is 5.21 Å². The molecule has 2 aliphatic rings. The molecule has 0 aliphatic carbocycles. The highest BCUT2D eigenvalue weighted by molar-refractivity contribution is 5.93. The van der Waals surface area contributed by atoms with Crippen LogP contribution in [0.4, 0.5) is 11.4 Å². The Morgan fingerprint density at radius 1 is 1.04 bits per heavy atom. The van der Waals surface area contributed by atoms with Crippen LogP contribution in [-0.2, 0) is 0 Å². The first kappa shape index (κ1) is 15.0. The molecule has 0 radical (unpaired) electrons. The van der Waals surface area contributed by atoms with Crippen molar-refractivity contribution in [2.45, 2.75) is 25.4 Å². The van der Waals surface area contributed by atoms with Crippen molar-refractivity contribution in [3.8, 4) is 0 Å². The average Bonchev–Trinajstić information content (AvgIpc) is 3.22. The highest BCUT2D eigenvalue weighted by Crippen LogP contribution is 2.37. The standard InChI is InChI=1S/C19H21N3O2/c1-13-3-2-4-16(9-13)22-12-17-10-18(22)11-21(17)15-7-5-14(6-8-15)19(23)20-24/h2-9,17-18,24H,10-12H2,1H3,(H,20,23)/t17-,18+/m1/s1. The summed E-state index contributed by atoms with van der Waals surface area (Å²) in [5, 5.41) is 8.70. The van der Waals surface area contributed by atoms with Crippen molar-refractivity contribution < 1.29 is 10.0 Å². The highest BCUT2D eigenvalue weighted by atomic mass is 16.5. The molecule has 5 nitrogen and oxygen atoms in total. The molecule has 0 unspecified atom stereocenters. The third-order valence-corrected chi connectivity index (χ3v) is 5.14. The van der Waals surface area contributed by atoms with Crippen LogP contribution in [0.3, 0.4) is 0 Å². The maximum Gasteiger partial charge on any atom is 0.274 e. The fraction of sp³-hybridized carbons (Fsp3) is 0.316. The summed E-state index contributed by atoms with van der Waals surface area (Å²) in [6.45, 7) is 4.17. The first-order valence-electron chi connectivity index (χ1n) is 8.30. The number of carbonyl (C=O) groups excluding carboxylic acids is 1. The Labute approximate surface area is 141 Å². The van der Waals surface area contributed by atoms with Crippen LogP contribution < -0.4 is 15.3 Å². The number of amides is 1. The van der Waals surface area contributed by atoms with Gasteiger partial charge in [0, 0.05) is 42.1 Å². The summed E-state index contributed by atoms with van der Waals surface area (Å²) in [4.78, 5) is 16.4. The summed E-state index contributed by atoms with van der Waals surface area (Å²) in [5.74, 6) is -0.477. The van der Waals surface area contributed by atoms with Gasteiger partial charge in [-0.15, -0.1) is 0 Å². The molecule has 5 heteroatoms. The van der Waals surface area contributed by atoms with Gasteiger partial charge in [0.2, 0.25) is 0 Å². The van der Waals surface area contributed by atoms with Crippen molar-refractivity contribution in [3.63, 3.8) is 0 Å². The lowest BCUT2D eigenvalue weighted by molar-refractivity contribution is 0.0706. The normalized spacial score (nSPS) is 22.1. The predicted octanol–water partition coefficient (Wildman–Crippen LogP) is 2.58. The number of hydrogen-bond donors (Lipinski definition) is 2. The minimum atomic E-state index is -0.477. The summed E-state index contributed by atoms with van der Waals surface area (Å²) in [5.41, 5.74) is 5.88. The predicted molar refractivity (Wildman–Crippen MR) is 93.8 cm³/mol. The number of anilines is 2. The Morgan fingerprint density at radius 2 is 1.71 bits per heavy atom. The van der Waals surface area contributed by atoms with Gasteiger partial charge in [-0.1, -0.05) is 12.1 Å². The minimum Gasteiger partial charge on any atom is -0.365 e. The Hall–Kier alpha value is -2.53. The number of rotatable bonds is 3. The maximum absolute atomic E-state index is 11.4. The van der Waals surface area contributed by atoms with E-state index in [2.05, 4.69) is 41.0 Å². The number of benzene rings is 2. The number of hydrogen-bond acceptors (Lipinski definition) is 4. The molecule has 1 amide bonds. The quantitative estimate of drug-likeness (QED) is 0.673. The topological polar surface area (TPSA) is 55.8 Å². The molecule has 0 saturated carbocycles. The van der Waals surface area contributed by atoms with E-state index < -0.39 is 5.91 Å². The highest BCUT2D eigenvalue weighted by Gasteiger charge is 2.43. The Kier molecular flexibility index (Phi) is 3.65. The molecule has 2 atom stereocenters. The molecule has 124 valence electrons. The number of fused-ring (bicyclic) bond motifs is 2. The lowest BCUT2D eigenvalue weighted by Gasteiger charge is -2.37.